The van der Waals surface area contributed by atoms with Gasteiger partial charge in [-0.15, -0.1) is 0 Å². The molecule has 0 unspecified atom stereocenters. The van der Waals surface area contributed by atoms with Crippen molar-refractivity contribution in [2.24, 2.45) is 0 Å². The first-order valence-electron chi connectivity index (χ1n) is 6.74. The second kappa shape index (κ2) is 8.31. The van der Waals surface area contributed by atoms with Gasteiger partial charge in [0.2, 0.25) is 11.8 Å². The van der Waals surface area contributed by atoms with Gasteiger partial charge < -0.3 is 16.0 Å². The van der Waals surface area contributed by atoms with E-state index >= 15 is 0 Å². The Hall–Kier alpha value is -1.89. The van der Waals surface area contributed by atoms with Gasteiger partial charge in [0.15, 0.2) is 0 Å². The topological polar surface area (TPSA) is 88.0 Å². The van der Waals surface area contributed by atoms with E-state index in [4.69, 9.17) is 0 Å². The SMILES string of the molecule is CC(=O)NCCNC(=O)CN[C@@H](C)[C@@H](C)n1cccn1. The molecule has 0 fully saturated rings. The quantitative estimate of drug-likeness (QED) is 0.570. The highest BCUT2D eigenvalue weighted by molar-refractivity contribution is 5.78. The van der Waals surface area contributed by atoms with Gasteiger partial charge >= 0.3 is 0 Å². The lowest BCUT2D eigenvalue weighted by Gasteiger charge is -2.21. The molecule has 0 spiro atoms. The van der Waals surface area contributed by atoms with Gasteiger partial charge in [0, 0.05) is 38.4 Å². The second-order valence-electron chi connectivity index (χ2n) is 4.73. The molecule has 7 nitrogen and oxygen atoms in total. The summed E-state index contributed by atoms with van der Waals surface area (Å²) in [6.07, 6.45) is 3.63. The third-order valence-corrected chi connectivity index (χ3v) is 3.07. The number of hydrogen-bond donors (Lipinski definition) is 3. The van der Waals surface area contributed by atoms with Gasteiger partial charge in [0.1, 0.15) is 0 Å². The molecular formula is C13H23N5O2. The van der Waals surface area contributed by atoms with Crippen molar-refractivity contribution in [2.45, 2.75) is 32.9 Å². The lowest BCUT2D eigenvalue weighted by Crippen LogP contribution is -2.43. The first-order chi connectivity index (χ1) is 9.50. The summed E-state index contributed by atoms with van der Waals surface area (Å²) in [5.41, 5.74) is 0. The summed E-state index contributed by atoms with van der Waals surface area (Å²) in [6, 6.07) is 2.16. The van der Waals surface area contributed by atoms with Gasteiger partial charge in [-0.3, -0.25) is 14.3 Å². The summed E-state index contributed by atoms with van der Waals surface area (Å²) < 4.78 is 1.85. The van der Waals surface area contributed by atoms with E-state index in [9.17, 15) is 9.59 Å². The molecule has 0 aliphatic rings. The predicted octanol–water partition coefficient (Wildman–Crippen LogP) is -0.325. The first kappa shape index (κ1) is 16.2. The average molecular weight is 281 g/mol. The largest absolute Gasteiger partial charge is 0.355 e. The van der Waals surface area contributed by atoms with Crippen molar-refractivity contribution in [1.82, 2.24) is 25.7 Å². The predicted molar refractivity (Wildman–Crippen MR) is 76.1 cm³/mol. The minimum Gasteiger partial charge on any atom is -0.355 e. The summed E-state index contributed by atoms with van der Waals surface area (Å²) in [4.78, 5) is 22.2. The van der Waals surface area contributed by atoms with Crippen LogP contribution in [0, 0.1) is 0 Å². The number of carbonyl (C=O) groups excluding carboxylic acids is 2. The summed E-state index contributed by atoms with van der Waals surface area (Å²) in [7, 11) is 0. The number of amides is 2. The van der Waals surface area contributed by atoms with E-state index < -0.39 is 0 Å². The van der Waals surface area contributed by atoms with Crippen molar-refractivity contribution in [3.05, 3.63) is 18.5 Å². The molecule has 0 aromatic carbocycles. The maximum Gasteiger partial charge on any atom is 0.234 e. The molecule has 0 bridgehead atoms. The average Bonchev–Trinajstić information content (AvgIpc) is 2.93. The Kier molecular flexibility index (Phi) is 6.72. The van der Waals surface area contributed by atoms with Crippen LogP contribution in [0.4, 0.5) is 0 Å². The first-order valence-corrected chi connectivity index (χ1v) is 6.74. The van der Waals surface area contributed by atoms with E-state index in [2.05, 4.69) is 21.0 Å². The fraction of sp³-hybridized carbons (Fsp3) is 0.615. The standard InChI is InChI=1S/C13H23N5O2/c1-10(11(2)18-8-4-5-17-18)16-9-13(20)15-7-6-14-12(3)19/h4-5,8,10-11,16H,6-7,9H2,1-3H3,(H,14,19)(H,15,20)/t10-,11+/m0/s1. The van der Waals surface area contributed by atoms with Crippen LogP contribution < -0.4 is 16.0 Å². The molecular weight excluding hydrogens is 258 g/mol. The van der Waals surface area contributed by atoms with Crippen LogP contribution in [0.5, 0.6) is 0 Å². The van der Waals surface area contributed by atoms with Gasteiger partial charge in [-0.1, -0.05) is 0 Å². The van der Waals surface area contributed by atoms with Gasteiger partial charge in [0.05, 0.1) is 12.6 Å². The van der Waals surface area contributed by atoms with Crippen LogP contribution in [0.1, 0.15) is 26.8 Å². The van der Waals surface area contributed by atoms with Crippen molar-refractivity contribution >= 4 is 11.8 Å². The third-order valence-electron chi connectivity index (χ3n) is 3.07. The molecule has 0 saturated heterocycles. The summed E-state index contributed by atoms with van der Waals surface area (Å²) >= 11 is 0. The Bertz CT molecular complexity index is 418. The van der Waals surface area contributed by atoms with E-state index in [0.717, 1.165) is 0 Å². The van der Waals surface area contributed by atoms with Gasteiger partial charge in [-0.05, 0) is 19.9 Å². The number of rotatable bonds is 8. The molecule has 2 amide bonds. The molecule has 20 heavy (non-hydrogen) atoms. The molecule has 3 N–H and O–H groups in total. The molecule has 0 aliphatic heterocycles. The van der Waals surface area contributed by atoms with Gasteiger partial charge in [-0.2, -0.15) is 5.10 Å². The minimum absolute atomic E-state index is 0.0881. The van der Waals surface area contributed by atoms with Crippen LogP contribution in [0.25, 0.3) is 0 Å². The van der Waals surface area contributed by atoms with Crippen LogP contribution >= 0.6 is 0 Å². The fourth-order valence-electron chi connectivity index (χ4n) is 1.68. The molecule has 1 heterocycles. The van der Waals surface area contributed by atoms with Crippen LogP contribution in [0.15, 0.2) is 18.5 Å². The van der Waals surface area contributed by atoms with Crippen molar-refractivity contribution in [2.75, 3.05) is 19.6 Å². The molecule has 0 saturated carbocycles. The van der Waals surface area contributed by atoms with E-state index in [0.29, 0.717) is 13.1 Å². The highest BCUT2D eigenvalue weighted by atomic mass is 16.2. The van der Waals surface area contributed by atoms with E-state index in [1.165, 1.54) is 6.92 Å². The zero-order chi connectivity index (χ0) is 15.0. The van der Waals surface area contributed by atoms with Crippen molar-refractivity contribution in [3.63, 3.8) is 0 Å². The number of carbonyl (C=O) groups is 2. The number of hydrogen-bond acceptors (Lipinski definition) is 4. The Morgan fingerprint density at radius 1 is 1.25 bits per heavy atom. The van der Waals surface area contributed by atoms with Crippen LogP contribution in [-0.2, 0) is 9.59 Å². The Morgan fingerprint density at radius 2 is 1.95 bits per heavy atom. The van der Waals surface area contributed by atoms with Gasteiger partial charge in [0.25, 0.3) is 0 Å². The molecule has 7 heteroatoms. The summed E-state index contributed by atoms with van der Waals surface area (Å²) in [5.74, 6) is -0.186. The van der Waals surface area contributed by atoms with Crippen molar-refractivity contribution < 1.29 is 9.59 Å². The lowest BCUT2D eigenvalue weighted by atomic mass is 10.2. The van der Waals surface area contributed by atoms with E-state index in [1.807, 2.05) is 30.8 Å². The highest BCUT2D eigenvalue weighted by Gasteiger charge is 2.14. The van der Waals surface area contributed by atoms with Crippen molar-refractivity contribution in [3.8, 4) is 0 Å². The Labute approximate surface area is 119 Å². The monoisotopic (exact) mass is 281 g/mol. The molecule has 1 aromatic heterocycles. The van der Waals surface area contributed by atoms with E-state index in [-0.39, 0.29) is 30.4 Å². The maximum atomic E-state index is 11.6. The zero-order valence-electron chi connectivity index (χ0n) is 12.2. The summed E-state index contributed by atoms with van der Waals surface area (Å²) in [5, 5.41) is 12.7. The maximum absolute atomic E-state index is 11.6. The summed E-state index contributed by atoms with van der Waals surface area (Å²) in [6.45, 7) is 6.62. The smallest absolute Gasteiger partial charge is 0.234 e. The molecule has 0 aliphatic carbocycles. The van der Waals surface area contributed by atoms with Crippen LogP contribution in [-0.4, -0.2) is 47.3 Å². The van der Waals surface area contributed by atoms with Crippen LogP contribution in [0.2, 0.25) is 0 Å². The molecule has 1 aromatic rings. The molecule has 0 radical (unpaired) electrons. The number of nitrogens with one attached hydrogen (secondary N) is 3. The number of nitrogens with zero attached hydrogens (tertiary/aromatic N) is 2. The minimum atomic E-state index is -0.0981. The van der Waals surface area contributed by atoms with Crippen molar-refractivity contribution in [1.29, 1.82) is 0 Å². The lowest BCUT2D eigenvalue weighted by molar-refractivity contribution is -0.121. The van der Waals surface area contributed by atoms with E-state index in [1.54, 1.807) is 6.20 Å². The second-order valence-corrected chi connectivity index (χ2v) is 4.73. The van der Waals surface area contributed by atoms with Gasteiger partial charge in [-0.25, -0.2) is 0 Å². The molecule has 112 valence electrons. The fourth-order valence-corrected chi connectivity index (χ4v) is 1.68. The zero-order valence-corrected chi connectivity index (χ0v) is 12.2. The normalized spacial score (nSPS) is 13.6. The Balaban J connectivity index is 2.18. The van der Waals surface area contributed by atoms with Crippen LogP contribution in [0.3, 0.4) is 0 Å². The third kappa shape index (κ3) is 5.83. The Morgan fingerprint density at radius 3 is 2.55 bits per heavy atom. The molecule has 1 rings (SSSR count). The highest BCUT2D eigenvalue weighted by Crippen LogP contribution is 2.08. The number of aromatic nitrogens is 2. The molecule has 2 atom stereocenters.